The van der Waals surface area contributed by atoms with Crippen LogP contribution in [-0.4, -0.2) is 121 Å². The van der Waals surface area contributed by atoms with E-state index >= 15 is 0 Å². The number of rotatable bonds is 37. The second-order valence-electron chi connectivity index (χ2n) is 15.0. The Bertz CT molecular complexity index is 1160. The summed E-state index contributed by atoms with van der Waals surface area (Å²) >= 11 is 1.41. The fraction of sp³-hybridized carbons (Fsp3) is 0.947. The maximum Gasteiger partial charge on any atom is 0.472 e. The molecule has 8 atom stereocenters. The van der Waals surface area contributed by atoms with E-state index in [1.165, 1.54) is 63.1 Å². The molecule has 0 aromatic carbocycles. The lowest BCUT2D eigenvalue weighted by molar-refractivity contribution is -0.216. The van der Waals surface area contributed by atoms with Crippen molar-refractivity contribution in [3.05, 3.63) is 0 Å². The maximum absolute atomic E-state index is 12.9. The van der Waals surface area contributed by atoms with Crippen LogP contribution in [0.4, 0.5) is 0 Å². The molecule has 0 amide bonds. The van der Waals surface area contributed by atoms with E-state index in [1.807, 2.05) is 6.92 Å². The highest BCUT2D eigenvalue weighted by atomic mass is 32.2. The van der Waals surface area contributed by atoms with Gasteiger partial charge in [0.25, 0.3) is 0 Å². The van der Waals surface area contributed by atoms with Gasteiger partial charge in [-0.05, 0) is 25.7 Å². The first-order valence-electron chi connectivity index (χ1n) is 21.2. The van der Waals surface area contributed by atoms with Crippen molar-refractivity contribution in [3.8, 4) is 0 Å². The van der Waals surface area contributed by atoms with Gasteiger partial charge in [0, 0.05) is 25.2 Å². The molecule has 1 saturated carbocycles. The van der Waals surface area contributed by atoms with E-state index in [0.717, 1.165) is 76.4 Å². The summed E-state index contributed by atoms with van der Waals surface area (Å²) in [6.45, 7) is 3.43. The van der Waals surface area contributed by atoms with Crippen molar-refractivity contribution in [2.75, 3.05) is 32.4 Å². The molecule has 1 rings (SSSR count). The zero-order valence-electron chi connectivity index (χ0n) is 34.6. The highest BCUT2D eigenvalue weighted by molar-refractivity contribution is 8.13. The summed E-state index contributed by atoms with van der Waals surface area (Å²) in [5.41, 5.74) is 0. The molecule has 0 aromatic rings. The average Bonchev–Trinajstić information content (AvgIpc) is 3.16. The predicted octanol–water partition coefficient (Wildman–Crippen LogP) is 6.21. The Morgan fingerprint density at radius 1 is 0.586 bits per heavy atom. The minimum atomic E-state index is -5.34. The van der Waals surface area contributed by atoms with E-state index in [9.17, 15) is 44.0 Å². The number of ether oxygens (including phenoxy) is 3. The minimum absolute atomic E-state index is 0.0928. The van der Waals surface area contributed by atoms with Crippen molar-refractivity contribution in [1.82, 2.24) is 0 Å². The van der Waals surface area contributed by atoms with Crippen LogP contribution < -0.4 is 0 Å². The molecule has 0 bridgehead atoms. The zero-order valence-corrected chi connectivity index (χ0v) is 37.3. The molecule has 0 heterocycles. The van der Waals surface area contributed by atoms with E-state index in [1.54, 1.807) is 0 Å². The summed E-state index contributed by atoms with van der Waals surface area (Å²) in [6, 6.07) is 0. The van der Waals surface area contributed by atoms with Crippen LogP contribution in [0.2, 0.25) is 0 Å². The van der Waals surface area contributed by atoms with Gasteiger partial charge in [-0.2, -0.15) is 0 Å². The van der Waals surface area contributed by atoms with Gasteiger partial charge in [-0.25, -0.2) is 9.13 Å². The third-order valence-electron chi connectivity index (χ3n) is 9.64. The lowest BCUT2D eigenvalue weighted by Gasteiger charge is -2.43. The van der Waals surface area contributed by atoms with Crippen molar-refractivity contribution in [1.29, 1.82) is 0 Å². The van der Waals surface area contributed by atoms with E-state index in [-0.39, 0.29) is 24.9 Å². The first-order chi connectivity index (χ1) is 27.6. The molecule has 20 heteroatoms. The van der Waals surface area contributed by atoms with E-state index < -0.39 is 70.9 Å². The van der Waals surface area contributed by atoms with Gasteiger partial charge in [0.1, 0.15) is 49.5 Å². The second kappa shape index (κ2) is 33.1. The molecule has 0 radical (unpaired) electrons. The fourth-order valence-electron chi connectivity index (χ4n) is 6.37. The molecular formula is C38H74O17P2S. The molecule has 1 aliphatic rings. The van der Waals surface area contributed by atoms with Crippen LogP contribution >= 0.6 is 27.4 Å². The number of esters is 1. The number of unbranched alkanes of at least 4 members (excludes halogenated alkanes) is 17. The number of carbonyl (C=O) groups is 2. The Hall–Kier alpha value is -0.530. The summed E-state index contributed by atoms with van der Waals surface area (Å²) in [6.07, 6.45) is 7.75. The molecule has 0 saturated heterocycles. The van der Waals surface area contributed by atoms with Crippen molar-refractivity contribution in [2.45, 2.75) is 198 Å². The second-order valence-corrected chi connectivity index (χ2v) is 18.7. The molecule has 1 fully saturated rings. The number of hydrogen-bond acceptors (Lipinski definition) is 15. The van der Waals surface area contributed by atoms with E-state index in [0.29, 0.717) is 19.4 Å². The molecule has 344 valence electrons. The van der Waals surface area contributed by atoms with Crippen molar-refractivity contribution < 1.29 is 81.6 Å². The summed E-state index contributed by atoms with van der Waals surface area (Å²) in [5, 5.41) is 41.3. The standard InChI is InChI=1S/C38H74O17P2S/c1-3-5-6-7-8-9-10-11-12-13-14-17-20-24-31(39)53-30(27-51-29-50-25-21-18-15-16-19-22-26-58-32(40)23-4-2)28-52-57(48,49)55-38-35(43)33(41)34(42)37(36(38)44)54-56(45,46)47/h30,33-38,41-44H,3-29H2,1-2H3,(H,48,49)(H2,45,46,47)/t30-,33+,34?,35+,36?,37-,38?/m1/s1. The fourth-order valence-corrected chi connectivity index (χ4v) is 8.84. The number of phosphoric acid groups is 2. The molecule has 7 N–H and O–H groups in total. The highest BCUT2D eigenvalue weighted by Gasteiger charge is 2.54. The molecule has 1 aliphatic carbocycles. The number of carbonyl (C=O) groups excluding carboxylic acids is 2. The smallest absolute Gasteiger partial charge is 0.457 e. The van der Waals surface area contributed by atoms with Gasteiger partial charge < -0.3 is 49.3 Å². The molecular weight excluding hydrogens is 822 g/mol. The third kappa shape index (κ3) is 27.4. The van der Waals surface area contributed by atoms with Crippen molar-refractivity contribution in [2.24, 2.45) is 0 Å². The van der Waals surface area contributed by atoms with Gasteiger partial charge in [-0.3, -0.25) is 23.2 Å². The van der Waals surface area contributed by atoms with E-state index in [2.05, 4.69) is 11.4 Å². The maximum atomic E-state index is 12.9. The van der Waals surface area contributed by atoms with Gasteiger partial charge >= 0.3 is 21.6 Å². The van der Waals surface area contributed by atoms with Crippen LogP contribution in [0.25, 0.3) is 0 Å². The van der Waals surface area contributed by atoms with Gasteiger partial charge in [0.2, 0.25) is 0 Å². The van der Waals surface area contributed by atoms with Crippen LogP contribution in [0.5, 0.6) is 0 Å². The van der Waals surface area contributed by atoms with Crippen LogP contribution in [0.3, 0.4) is 0 Å². The average molecular weight is 897 g/mol. The molecule has 4 unspecified atom stereocenters. The monoisotopic (exact) mass is 896 g/mol. The van der Waals surface area contributed by atoms with Gasteiger partial charge in [-0.15, -0.1) is 0 Å². The molecule has 0 aromatic heterocycles. The van der Waals surface area contributed by atoms with Gasteiger partial charge in [0.15, 0.2) is 5.12 Å². The topological polar surface area (TPSA) is 265 Å². The number of phosphoric ester groups is 2. The predicted molar refractivity (Wildman–Crippen MR) is 219 cm³/mol. The quantitative estimate of drug-likeness (QED) is 0.0158. The Balaban J connectivity index is 2.57. The Morgan fingerprint density at radius 3 is 1.66 bits per heavy atom. The zero-order chi connectivity index (χ0) is 43.2. The number of aliphatic hydroxyl groups excluding tert-OH is 4. The lowest BCUT2D eigenvalue weighted by atomic mass is 9.85. The summed E-state index contributed by atoms with van der Waals surface area (Å²) < 4.78 is 55.0. The molecule has 0 spiro atoms. The highest BCUT2D eigenvalue weighted by Crippen LogP contribution is 2.49. The number of aliphatic hydroxyl groups is 4. The van der Waals surface area contributed by atoms with Crippen LogP contribution in [-0.2, 0) is 46.5 Å². The number of thioether (sulfide) groups is 1. The largest absolute Gasteiger partial charge is 0.472 e. The molecule has 58 heavy (non-hydrogen) atoms. The summed E-state index contributed by atoms with van der Waals surface area (Å²) in [7, 11) is -10.6. The molecule has 17 nitrogen and oxygen atoms in total. The van der Waals surface area contributed by atoms with Crippen LogP contribution in [0.1, 0.15) is 155 Å². The Morgan fingerprint density at radius 2 is 1.10 bits per heavy atom. The number of hydrogen-bond donors (Lipinski definition) is 7. The Labute approximate surface area is 349 Å². The van der Waals surface area contributed by atoms with Crippen LogP contribution in [0.15, 0.2) is 0 Å². The van der Waals surface area contributed by atoms with Crippen molar-refractivity contribution >= 4 is 38.5 Å². The lowest BCUT2D eigenvalue weighted by Crippen LogP contribution is -2.64. The van der Waals surface area contributed by atoms with Gasteiger partial charge in [-0.1, -0.05) is 128 Å². The summed E-state index contributed by atoms with van der Waals surface area (Å²) in [4.78, 5) is 53.0. The molecule has 0 aliphatic heterocycles. The van der Waals surface area contributed by atoms with E-state index in [4.69, 9.17) is 33.0 Å². The Kier molecular flexibility index (Phi) is 31.7. The van der Waals surface area contributed by atoms with Crippen LogP contribution in [0, 0.1) is 0 Å². The SMILES string of the molecule is CCCCCCCCCCCCCCCC(=O)O[C@H](COCOCCCCCCCCSC(=O)CCC)COP(=O)(O)OC1C(O)[C@H](OP(=O)(O)O)C(O)[C@H](O)[C@@H]1O. The summed E-state index contributed by atoms with van der Waals surface area (Å²) in [5.74, 6) is 0.261. The minimum Gasteiger partial charge on any atom is -0.457 e. The van der Waals surface area contributed by atoms with Crippen molar-refractivity contribution in [3.63, 3.8) is 0 Å². The normalized spacial score (nSPS) is 22.8. The third-order valence-corrected chi connectivity index (χ3v) is 12.2. The first kappa shape index (κ1) is 55.5. The first-order valence-corrected chi connectivity index (χ1v) is 25.3. The van der Waals surface area contributed by atoms with Gasteiger partial charge in [0.05, 0.1) is 13.2 Å².